The average molecular weight is 419 g/mol. The van der Waals surface area contributed by atoms with Crippen LogP contribution in [0.3, 0.4) is 0 Å². The molecule has 0 spiro atoms. The Balaban J connectivity index is 1.92. The zero-order valence-electron chi connectivity index (χ0n) is 15.8. The van der Waals surface area contributed by atoms with Gasteiger partial charge >= 0.3 is 0 Å². The highest BCUT2D eigenvalue weighted by Crippen LogP contribution is 2.32. The van der Waals surface area contributed by atoms with Crippen LogP contribution in [0.15, 0.2) is 48.5 Å². The molecule has 1 aromatic heterocycles. The second-order valence-electron chi connectivity index (χ2n) is 6.40. The molecule has 1 amide bonds. The number of thiazole rings is 1. The third kappa shape index (κ3) is 5.30. The first-order chi connectivity index (χ1) is 13.4. The lowest BCUT2D eigenvalue weighted by molar-refractivity contribution is -0.118. The van der Waals surface area contributed by atoms with Crippen LogP contribution in [0, 0.1) is 0 Å². The summed E-state index contributed by atoms with van der Waals surface area (Å²) in [5, 5.41) is 0.547. The number of rotatable bonds is 8. The molecule has 0 aliphatic rings. The summed E-state index contributed by atoms with van der Waals surface area (Å²) in [4.78, 5) is 19.0. The molecule has 0 saturated heterocycles. The number of aromatic nitrogens is 1. The van der Waals surface area contributed by atoms with Crippen LogP contribution in [0.4, 0.5) is 5.13 Å². The maximum Gasteiger partial charge on any atom is 0.230 e. The highest BCUT2D eigenvalue weighted by atomic mass is 32.2. The van der Waals surface area contributed by atoms with Gasteiger partial charge in [-0.3, -0.25) is 9.69 Å². The van der Waals surface area contributed by atoms with E-state index in [1.165, 1.54) is 11.3 Å². The summed E-state index contributed by atoms with van der Waals surface area (Å²) in [5.74, 6) is 0.304. The summed E-state index contributed by atoms with van der Waals surface area (Å²) < 4.78 is 29.4. The van der Waals surface area contributed by atoms with E-state index in [2.05, 4.69) is 4.98 Å². The fraction of sp³-hybridized carbons (Fsp3) is 0.300. The summed E-state index contributed by atoms with van der Waals surface area (Å²) in [5.41, 5.74) is 1.72. The quantitative estimate of drug-likeness (QED) is 0.558. The Bertz CT molecular complexity index is 1060. The number of carbonyl (C=O) groups excluding carboxylic acids is 1. The minimum atomic E-state index is -3.23. The lowest BCUT2D eigenvalue weighted by Crippen LogP contribution is -2.31. The zero-order chi connectivity index (χ0) is 20.1. The van der Waals surface area contributed by atoms with Crippen molar-refractivity contribution in [2.45, 2.75) is 19.9 Å². The van der Waals surface area contributed by atoms with Crippen molar-refractivity contribution in [1.29, 1.82) is 0 Å². The molecular formula is C20H22N2O4S2. The van der Waals surface area contributed by atoms with Crippen molar-refractivity contribution in [1.82, 2.24) is 4.98 Å². The van der Waals surface area contributed by atoms with Crippen molar-refractivity contribution >= 4 is 42.4 Å². The molecule has 0 saturated carbocycles. The van der Waals surface area contributed by atoms with Crippen LogP contribution in [0.5, 0.6) is 5.75 Å². The minimum Gasteiger partial charge on any atom is -0.494 e. The van der Waals surface area contributed by atoms with Crippen molar-refractivity contribution < 1.29 is 17.9 Å². The lowest BCUT2D eigenvalue weighted by atomic mass is 10.2. The maximum absolute atomic E-state index is 12.8. The molecule has 0 bridgehead atoms. The zero-order valence-corrected chi connectivity index (χ0v) is 17.4. The Morgan fingerprint density at radius 1 is 1.18 bits per heavy atom. The normalized spacial score (nSPS) is 11.5. The highest BCUT2D eigenvalue weighted by molar-refractivity contribution is 7.90. The largest absolute Gasteiger partial charge is 0.494 e. The molecule has 6 nitrogen and oxygen atoms in total. The molecule has 3 aromatic rings. The first-order valence-electron chi connectivity index (χ1n) is 8.91. The Kier molecular flexibility index (Phi) is 6.31. The molecule has 0 radical (unpaired) electrons. The van der Waals surface area contributed by atoms with E-state index in [1.807, 2.05) is 55.5 Å². The van der Waals surface area contributed by atoms with Gasteiger partial charge in [-0.25, -0.2) is 13.4 Å². The summed E-state index contributed by atoms with van der Waals surface area (Å²) >= 11 is 1.39. The van der Waals surface area contributed by atoms with Crippen LogP contribution in [-0.2, 0) is 21.2 Å². The van der Waals surface area contributed by atoms with E-state index in [0.29, 0.717) is 18.3 Å². The van der Waals surface area contributed by atoms with Crippen molar-refractivity contribution in [2.75, 3.05) is 23.5 Å². The summed E-state index contributed by atoms with van der Waals surface area (Å²) in [6, 6.07) is 15.2. The molecule has 0 unspecified atom stereocenters. The minimum absolute atomic E-state index is 0.0776. The SMILES string of the molecule is CCOc1ccc2nc(N(Cc3ccccc3)C(=O)CCS(C)(=O)=O)sc2c1. The van der Waals surface area contributed by atoms with Crippen LogP contribution in [-0.4, -0.2) is 37.9 Å². The van der Waals surface area contributed by atoms with E-state index in [9.17, 15) is 13.2 Å². The number of carbonyl (C=O) groups is 1. The second-order valence-corrected chi connectivity index (χ2v) is 9.67. The lowest BCUT2D eigenvalue weighted by Gasteiger charge is -2.20. The van der Waals surface area contributed by atoms with E-state index in [0.717, 1.165) is 27.8 Å². The highest BCUT2D eigenvalue weighted by Gasteiger charge is 2.21. The Morgan fingerprint density at radius 2 is 1.93 bits per heavy atom. The van der Waals surface area contributed by atoms with E-state index in [4.69, 9.17) is 4.74 Å². The van der Waals surface area contributed by atoms with Crippen molar-refractivity contribution in [3.05, 3.63) is 54.1 Å². The maximum atomic E-state index is 12.8. The number of amides is 1. The number of benzene rings is 2. The van der Waals surface area contributed by atoms with Gasteiger partial charge in [-0.2, -0.15) is 0 Å². The fourth-order valence-corrected chi connectivity index (χ4v) is 4.26. The number of hydrogen-bond acceptors (Lipinski definition) is 6. The van der Waals surface area contributed by atoms with Gasteiger partial charge in [0, 0.05) is 12.7 Å². The Morgan fingerprint density at radius 3 is 2.61 bits per heavy atom. The van der Waals surface area contributed by atoms with Gasteiger partial charge in [0.05, 0.1) is 29.1 Å². The second kappa shape index (κ2) is 8.70. The monoisotopic (exact) mass is 418 g/mol. The van der Waals surface area contributed by atoms with Gasteiger partial charge in [0.1, 0.15) is 15.6 Å². The van der Waals surface area contributed by atoms with Crippen molar-refractivity contribution in [2.24, 2.45) is 0 Å². The van der Waals surface area contributed by atoms with Gasteiger partial charge in [0.25, 0.3) is 0 Å². The predicted octanol–water partition coefficient (Wildman–Crippen LogP) is 3.66. The van der Waals surface area contributed by atoms with Gasteiger partial charge in [-0.15, -0.1) is 0 Å². The topological polar surface area (TPSA) is 76.6 Å². The molecule has 1 heterocycles. The third-order valence-electron chi connectivity index (χ3n) is 4.06. The van der Waals surface area contributed by atoms with Gasteiger partial charge in [-0.1, -0.05) is 41.7 Å². The first kappa shape index (κ1) is 20.3. The Hall–Kier alpha value is -2.45. The molecule has 0 N–H and O–H groups in total. The molecular weight excluding hydrogens is 396 g/mol. The van der Waals surface area contributed by atoms with Crippen LogP contribution in [0.1, 0.15) is 18.9 Å². The molecule has 0 aliphatic heterocycles. The third-order valence-corrected chi connectivity index (χ3v) is 6.05. The van der Waals surface area contributed by atoms with Gasteiger partial charge in [0.2, 0.25) is 5.91 Å². The molecule has 3 rings (SSSR count). The van der Waals surface area contributed by atoms with Crippen molar-refractivity contribution in [3.8, 4) is 5.75 Å². The summed E-state index contributed by atoms with van der Waals surface area (Å²) in [7, 11) is -3.23. The first-order valence-corrected chi connectivity index (χ1v) is 11.8. The van der Waals surface area contributed by atoms with E-state index >= 15 is 0 Å². The van der Waals surface area contributed by atoms with Crippen LogP contribution < -0.4 is 9.64 Å². The molecule has 0 atom stereocenters. The molecule has 148 valence electrons. The summed E-state index contributed by atoms with van der Waals surface area (Å²) in [6.45, 7) is 2.83. The number of hydrogen-bond donors (Lipinski definition) is 0. The van der Waals surface area contributed by atoms with Crippen molar-refractivity contribution in [3.63, 3.8) is 0 Å². The molecule has 2 aromatic carbocycles. The molecule has 0 fully saturated rings. The van der Waals surface area contributed by atoms with Crippen LogP contribution >= 0.6 is 11.3 Å². The number of anilines is 1. The number of nitrogens with zero attached hydrogens (tertiary/aromatic N) is 2. The Labute approximate surface area is 168 Å². The predicted molar refractivity (Wildman–Crippen MR) is 113 cm³/mol. The standard InChI is InChI=1S/C20H22N2O4S2/c1-3-26-16-9-10-17-18(13-16)27-20(21-17)22(14-15-7-5-4-6-8-15)19(23)11-12-28(2,24)25/h4-10,13H,3,11-12,14H2,1-2H3. The van der Waals surface area contributed by atoms with Gasteiger partial charge < -0.3 is 4.74 Å². The molecule has 8 heteroatoms. The number of sulfone groups is 1. The van der Waals surface area contributed by atoms with Crippen LogP contribution in [0.2, 0.25) is 0 Å². The van der Waals surface area contributed by atoms with Crippen LogP contribution in [0.25, 0.3) is 10.2 Å². The van der Waals surface area contributed by atoms with E-state index < -0.39 is 9.84 Å². The van der Waals surface area contributed by atoms with E-state index in [1.54, 1.807) is 4.90 Å². The van der Waals surface area contributed by atoms with Gasteiger partial charge in [0.15, 0.2) is 5.13 Å². The molecule has 0 aliphatic carbocycles. The van der Waals surface area contributed by atoms with Gasteiger partial charge in [-0.05, 0) is 30.7 Å². The fourth-order valence-electron chi connectivity index (χ4n) is 2.70. The molecule has 28 heavy (non-hydrogen) atoms. The summed E-state index contributed by atoms with van der Waals surface area (Å²) in [6.07, 6.45) is 1.06. The number of fused-ring (bicyclic) bond motifs is 1. The smallest absolute Gasteiger partial charge is 0.230 e. The number of ether oxygens (including phenoxy) is 1. The average Bonchev–Trinajstić information content (AvgIpc) is 3.07. The van der Waals surface area contributed by atoms with E-state index in [-0.39, 0.29) is 18.1 Å².